The van der Waals surface area contributed by atoms with Crippen molar-refractivity contribution in [3.8, 4) is 0 Å². The van der Waals surface area contributed by atoms with Crippen LogP contribution in [0.2, 0.25) is 0 Å². The monoisotopic (exact) mass is 350 g/mol. The summed E-state index contributed by atoms with van der Waals surface area (Å²) in [6.07, 6.45) is -2.57. The SMILES string of the molecule is CCNC1CCN(c2ccc(Br)cc2C(F)(F)F)CC1. The van der Waals surface area contributed by atoms with Crippen molar-refractivity contribution in [2.45, 2.75) is 32.0 Å². The van der Waals surface area contributed by atoms with E-state index in [4.69, 9.17) is 0 Å². The molecule has 1 aliphatic rings. The first-order chi connectivity index (χ1) is 9.41. The molecule has 2 rings (SSSR count). The summed E-state index contributed by atoms with van der Waals surface area (Å²) < 4.78 is 39.8. The molecule has 1 heterocycles. The van der Waals surface area contributed by atoms with Gasteiger partial charge in [0.25, 0.3) is 0 Å². The van der Waals surface area contributed by atoms with Crippen molar-refractivity contribution in [1.82, 2.24) is 5.32 Å². The summed E-state index contributed by atoms with van der Waals surface area (Å²) in [4.78, 5) is 1.84. The quantitative estimate of drug-likeness (QED) is 0.884. The van der Waals surface area contributed by atoms with Crippen molar-refractivity contribution >= 4 is 21.6 Å². The molecule has 0 bridgehead atoms. The number of hydrogen-bond donors (Lipinski definition) is 1. The second kappa shape index (κ2) is 6.35. The summed E-state index contributed by atoms with van der Waals surface area (Å²) >= 11 is 3.11. The third kappa shape index (κ3) is 3.67. The number of halogens is 4. The number of rotatable bonds is 3. The van der Waals surface area contributed by atoms with E-state index in [2.05, 4.69) is 21.2 Å². The van der Waals surface area contributed by atoms with Crippen molar-refractivity contribution in [2.24, 2.45) is 0 Å². The Morgan fingerprint density at radius 2 is 1.95 bits per heavy atom. The zero-order valence-electron chi connectivity index (χ0n) is 11.3. The smallest absolute Gasteiger partial charge is 0.371 e. The van der Waals surface area contributed by atoms with Gasteiger partial charge in [0.15, 0.2) is 0 Å². The lowest BCUT2D eigenvalue weighted by atomic mass is 10.0. The Balaban J connectivity index is 2.18. The maximum atomic E-state index is 13.1. The lowest BCUT2D eigenvalue weighted by Crippen LogP contribution is -2.43. The number of nitrogens with zero attached hydrogens (tertiary/aromatic N) is 1. The molecule has 0 spiro atoms. The molecule has 0 saturated carbocycles. The van der Waals surface area contributed by atoms with Crippen LogP contribution in [0.5, 0.6) is 0 Å². The van der Waals surface area contributed by atoms with Gasteiger partial charge in [0.05, 0.1) is 5.56 Å². The van der Waals surface area contributed by atoms with E-state index in [0.717, 1.165) is 25.5 Å². The van der Waals surface area contributed by atoms with Gasteiger partial charge in [-0.2, -0.15) is 13.2 Å². The first-order valence-electron chi connectivity index (χ1n) is 6.77. The lowest BCUT2D eigenvalue weighted by Gasteiger charge is -2.35. The predicted molar refractivity (Wildman–Crippen MR) is 78.1 cm³/mol. The fourth-order valence-corrected chi connectivity index (χ4v) is 2.99. The zero-order valence-corrected chi connectivity index (χ0v) is 12.9. The van der Waals surface area contributed by atoms with Gasteiger partial charge in [-0.05, 0) is 37.6 Å². The van der Waals surface area contributed by atoms with Crippen LogP contribution in [-0.4, -0.2) is 25.7 Å². The highest BCUT2D eigenvalue weighted by atomic mass is 79.9. The maximum Gasteiger partial charge on any atom is 0.418 e. The molecule has 0 amide bonds. The van der Waals surface area contributed by atoms with Gasteiger partial charge in [-0.25, -0.2) is 0 Å². The lowest BCUT2D eigenvalue weighted by molar-refractivity contribution is -0.137. The van der Waals surface area contributed by atoms with E-state index < -0.39 is 11.7 Å². The molecule has 6 heteroatoms. The van der Waals surface area contributed by atoms with Crippen molar-refractivity contribution < 1.29 is 13.2 Å². The van der Waals surface area contributed by atoms with Crippen molar-refractivity contribution in [3.05, 3.63) is 28.2 Å². The molecular weight excluding hydrogens is 333 g/mol. The second-order valence-corrected chi connectivity index (χ2v) is 5.89. The van der Waals surface area contributed by atoms with Gasteiger partial charge >= 0.3 is 6.18 Å². The van der Waals surface area contributed by atoms with Crippen LogP contribution in [0.25, 0.3) is 0 Å². The number of alkyl halides is 3. The average molecular weight is 351 g/mol. The molecule has 0 unspecified atom stereocenters. The molecule has 112 valence electrons. The van der Waals surface area contributed by atoms with Crippen LogP contribution in [0.1, 0.15) is 25.3 Å². The first-order valence-corrected chi connectivity index (χ1v) is 7.56. The van der Waals surface area contributed by atoms with Gasteiger partial charge in [-0.3, -0.25) is 0 Å². The molecule has 1 fully saturated rings. The molecule has 0 aliphatic carbocycles. The minimum atomic E-state index is -4.32. The van der Waals surface area contributed by atoms with Crippen molar-refractivity contribution in [3.63, 3.8) is 0 Å². The standard InChI is InChI=1S/C14H18BrF3N2/c1-2-19-11-5-7-20(8-6-11)13-4-3-10(15)9-12(13)14(16,17)18/h3-4,9,11,19H,2,5-8H2,1H3. The average Bonchev–Trinajstić information content (AvgIpc) is 2.39. The summed E-state index contributed by atoms with van der Waals surface area (Å²) in [5.41, 5.74) is -0.274. The van der Waals surface area contributed by atoms with Crippen LogP contribution in [0.4, 0.5) is 18.9 Å². The predicted octanol–water partition coefficient (Wildman–Crippen LogP) is 4.05. The Morgan fingerprint density at radius 3 is 2.50 bits per heavy atom. The van der Waals surface area contributed by atoms with Gasteiger partial charge in [0.2, 0.25) is 0 Å². The highest BCUT2D eigenvalue weighted by molar-refractivity contribution is 9.10. The fourth-order valence-electron chi connectivity index (χ4n) is 2.62. The van der Waals surface area contributed by atoms with E-state index >= 15 is 0 Å². The highest BCUT2D eigenvalue weighted by Crippen LogP contribution is 2.39. The zero-order chi connectivity index (χ0) is 14.8. The highest BCUT2D eigenvalue weighted by Gasteiger charge is 2.35. The van der Waals surface area contributed by atoms with E-state index in [0.29, 0.717) is 23.6 Å². The van der Waals surface area contributed by atoms with Gasteiger partial charge < -0.3 is 10.2 Å². The Kier molecular flexibility index (Phi) is 4.96. The normalized spacial score (nSPS) is 17.6. The number of benzene rings is 1. The molecule has 20 heavy (non-hydrogen) atoms. The number of anilines is 1. The van der Waals surface area contributed by atoms with Gasteiger partial charge in [0.1, 0.15) is 0 Å². The molecule has 1 aliphatic heterocycles. The van der Waals surface area contributed by atoms with Gasteiger partial charge in [-0.15, -0.1) is 0 Å². The van der Waals surface area contributed by atoms with Crippen LogP contribution >= 0.6 is 15.9 Å². The summed E-state index contributed by atoms with van der Waals surface area (Å²) in [5, 5.41) is 3.35. The van der Waals surface area contributed by atoms with E-state index in [-0.39, 0.29) is 5.69 Å². The van der Waals surface area contributed by atoms with E-state index in [1.165, 1.54) is 0 Å². The minimum Gasteiger partial charge on any atom is -0.371 e. The van der Waals surface area contributed by atoms with Crippen molar-refractivity contribution in [1.29, 1.82) is 0 Å². The molecule has 2 nitrogen and oxygen atoms in total. The van der Waals surface area contributed by atoms with Crippen molar-refractivity contribution in [2.75, 3.05) is 24.5 Å². The van der Waals surface area contributed by atoms with Crippen LogP contribution in [-0.2, 0) is 6.18 Å². The maximum absolute atomic E-state index is 13.1. The molecule has 1 N–H and O–H groups in total. The van der Waals surface area contributed by atoms with Gasteiger partial charge in [-0.1, -0.05) is 22.9 Å². The summed E-state index contributed by atoms with van der Waals surface area (Å²) in [6.45, 7) is 4.25. The van der Waals surface area contributed by atoms with E-state index in [1.807, 2.05) is 11.8 Å². The Hall–Kier alpha value is -0.750. The van der Waals surface area contributed by atoms with Gasteiger partial charge in [0, 0.05) is 29.3 Å². The summed E-state index contributed by atoms with van der Waals surface area (Å²) in [6, 6.07) is 4.80. The molecule has 1 aromatic rings. The molecule has 0 radical (unpaired) electrons. The Morgan fingerprint density at radius 1 is 1.30 bits per heavy atom. The number of nitrogens with one attached hydrogen (secondary N) is 1. The van der Waals surface area contributed by atoms with Crippen LogP contribution in [0.3, 0.4) is 0 Å². The third-order valence-electron chi connectivity index (χ3n) is 3.59. The molecule has 1 saturated heterocycles. The number of piperidine rings is 1. The topological polar surface area (TPSA) is 15.3 Å². The van der Waals surface area contributed by atoms with E-state index in [9.17, 15) is 13.2 Å². The molecule has 0 atom stereocenters. The van der Waals surface area contributed by atoms with Crippen LogP contribution < -0.4 is 10.2 Å². The first kappa shape index (κ1) is 15.6. The molecule has 0 aromatic heterocycles. The largest absolute Gasteiger partial charge is 0.418 e. The molecule has 1 aromatic carbocycles. The third-order valence-corrected chi connectivity index (χ3v) is 4.09. The summed E-state index contributed by atoms with van der Waals surface area (Å²) in [7, 11) is 0. The Bertz CT molecular complexity index is 454. The van der Waals surface area contributed by atoms with Crippen LogP contribution in [0.15, 0.2) is 22.7 Å². The second-order valence-electron chi connectivity index (χ2n) is 4.98. The van der Waals surface area contributed by atoms with E-state index in [1.54, 1.807) is 12.1 Å². The molecular formula is C14H18BrF3N2. The Labute approximate surface area is 125 Å². The van der Waals surface area contributed by atoms with Crippen LogP contribution in [0, 0.1) is 0 Å². The fraction of sp³-hybridized carbons (Fsp3) is 0.571. The number of hydrogen-bond acceptors (Lipinski definition) is 2. The summed E-state index contributed by atoms with van der Waals surface area (Å²) in [5.74, 6) is 0. The minimum absolute atomic E-state index is 0.288.